The van der Waals surface area contributed by atoms with Crippen molar-refractivity contribution in [2.45, 2.75) is 25.2 Å². The Bertz CT molecular complexity index is 2100. The molecule has 39 heavy (non-hydrogen) atoms. The molecule has 0 radical (unpaired) electrons. The van der Waals surface area contributed by atoms with Crippen molar-refractivity contribution >= 4 is 33.5 Å². The summed E-state index contributed by atoms with van der Waals surface area (Å²) < 4.78 is 2.37. The predicted octanol–water partition coefficient (Wildman–Crippen LogP) is 9.29. The zero-order valence-electron chi connectivity index (χ0n) is 21.6. The van der Waals surface area contributed by atoms with Crippen LogP contribution in [0.2, 0.25) is 0 Å². The first-order valence-electron chi connectivity index (χ1n) is 14.0. The first-order chi connectivity index (χ1) is 19.3. The van der Waals surface area contributed by atoms with E-state index in [1.807, 2.05) is 0 Å². The highest BCUT2D eigenvalue weighted by Crippen LogP contribution is 2.50. The van der Waals surface area contributed by atoms with Gasteiger partial charge in [0.25, 0.3) is 0 Å². The molecule has 2 heterocycles. The summed E-state index contributed by atoms with van der Waals surface area (Å²) >= 11 is 0. The quantitative estimate of drug-likeness (QED) is 0.217. The van der Waals surface area contributed by atoms with Gasteiger partial charge in [0.05, 0.1) is 27.8 Å². The summed E-state index contributed by atoms with van der Waals surface area (Å²) in [7, 11) is 0. The van der Waals surface area contributed by atoms with E-state index in [-0.39, 0.29) is 0 Å². The van der Waals surface area contributed by atoms with Gasteiger partial charge in [-0.15, -0.1) is 0 Å². The Labute approximate surface area is 227 Å². The van der Waals surface area contributed by atoms with Gasteiger partial charge in [-0.05, 0) is 83.0 Å². The molecule has 0 saturated carbocycles. The van der Waals surface area contributed by atoms with Crippen LogP contribution in [-0.4, -0.2) is 9.38 Å². The fourth-order valence-electron chi connectivity index (χ4n) is 7.23. The van der Waals surface area contributed by atoms with Gasteiger partial charge in [0.15, 0.2) is 0 Å². The number of aromatic nitrogens is 2. The molecule has 0 fully saturated rings. The van der Waals surface area contributed by atoms with Crippen molar-refractivity contribution in [3.05, 3.63) is 137 Å². The second-order valence-electron chi connectivity index (χ2n) is 11.0. The van der Waals surface area contributed by atoms with Gasteiger partial charge < -0.3 is 4.40 Å². The minimum absolute atomic E-state index is 0.445. The standard InChI is InChI=1S/C37H26N2/c1-3-13-32-27(7-1)22-34-37(38-31-12-2-4-14-33(31)39(32)34)28-11-6-10-26(21-28)29-19-17-25-16-15-23-8-5-9-24-18-20-30(29)36(25)35(23)24/h1-4,6-7,9-15,17-22,35H,5,8,16H2. The van der Waals surface area contributed by atoms with Crippen molar-refractivity contribution in [2.75, 3.05) is 0 Å². The molecule has 184 valence electrons. The third-order valence-electron chi connectivity index (χ3n) is 8.97. The van der Waals surface area contributed by atoms with E-state index in [0.717, 1.165) is 40.6 Å². The smallest absolute Gasteiger partial charge is 0.0951 e. The fraction of sp³-hybridized carbons (Fsp3) is 0.108. The topological polar surface area (TPSA) is 17.3 Å². The van der Waals surface area contributed by atoms with Crippen LogP contribution in [0.25, 0.3) is 55.9 Å². The van der Waals surface area contributed by atoms with Crippen molar-refractivity contribution in [1.82, 2.24) is 9.38 Å². The van der Waals surface area contributed by atoms with E-state index in [9.17, 15) is 0 Å². The molecular formula is C37H26N2. The summed E-state index contributed by atoms with van der Waals surface area (Å²) in [6.07, 6.45) is 13.1. The summed E-state index contributed by atoms with van der Waals surface area (Å²) in [5.41, 5.74) is 16.7. The Morgan fingerprint density at radius 3 is 2.56 bits per heavy atom. The van der Waals surface area contributed by atoms with Gasteiger partial charge >= 0.3 is 0 Å². The lowest BCUT2D eigenvalue weighted by Crippen LogP contribution is -2.19. The van der Waals surface area contributed by atoms with Crippen LogP contribution in [0.1, 0.15) is 35.4 Å². The molecule has 0 bridgehead atoms. The average molecular weight is 499 g/mol. The Morgan fingerprint density at radius 2 is 1.59 bits per heavy atom. The van der Waals surface area contributed by atoms with Crippen LogP contribution < -0.4 is 0 Å². The van der Waals surface area contributed by atoms with E-state index < -0.39 is 0 Å². The van der Waals surface area contributed by atoms with Crippen LogP contribution in [0.3, 0.4) is 0 Å². The third kappa shape index (κ3) is 3.00. The molecule has 9 rings (SSSR count). The summed E-state index contributed by atoms with van der Waals surface area (Å²) in [6, 6.07) is 33.1. The maximum atomic E-state index is 5.23. The molecule has 0 saturated heterocycles. The number of para-hydroxylation sites is 3. The van der Waals surface area contributed by atoms with E-state index in [1.165, 1.54) is 50.7 Å². The van der Waals surface area contributed by atoms with Gasteiger partial charge in [0.1, 0.15) is 0 Å². The lowest BCUT2D eigenvalue weighted by molar-refractivity contribution is 0.759. The van der Waals surface area contributed by atoms with E-state index >= 15 is 0 Å². The van der Waals surface area contributed by atoms with Gasteiger partial charge in [-0.25, -0.2) is 4.98 Å². The minimum Gasteiger partial charge on any atom is -0.306 e. The highest BCUT2D eigenvalue weighted by Gasteiger charge is 2.32. The number of hydrogen-bond donors (Lipinski definition) is 0. The van der Waals surface area contributed by atoms with Crippen molar-refractivity contribution in [2.24, 2.45) is 0 Å². The van der Waals surface area contributed by atoms with Crippen molar-refractivity contribution in [3.63, 3.8) is 0 Å². The van der Waals surface area contributed by atoms with Crippen LogP contribution >= 0.6 is 0 Å². The molecule has 1 atom stereocenters. The Morgan fingerprint density at radius 1 is 0.718 bits per heavy atom. The fourth-order valence-corrected chi connectivity index (χ4v) is 7.23. The van der Waals surface area contributed by atoms with Gasteiger partial charge in [-0.2, -0.15) is 0 Å². The molecule has 3 aliphatic rings. The second-order valence-corrected chi connectivity index (χ2v) is 11.0. The van der Waals surface area contributed by atoms with E-state index in [4.69, 9.17) is 4.98 Å². The second kappa shape index (κ2) is 7.91. The molecule has 2 nitrogen and oxygen atoms in total. The number of fused-ring (bicyclic) bond motifs is 5. The van der Waals surface area contributed by atoms with Crippen LogP contribution in [-0.2, 0) is 6.42 Å². The Kier molecular flexibility index (Phi) is 4.31. The van der Waals surface area contributed by atoms with Gasteiger partial charge in [-0.3, -0.25) is 0 Å². The van der Waals surface area contributed by atoms with Crippen molar-refractivity contribution in [3.8, 4) is 22.4 Å². The first-order valence-corrected chi connectivity index (χ1v) is 14.0. The molecule has 2 heteroatoms. The van der Waals surface area contributed by atoms with Crippen LogP contribution in [0.4, 0.5) is 0 Å². The van der Waals surface area contributed by atoms with Crippen LogP contribution in [0, 0.1) is 0 Å². The maximum Gasteiger partial charge on any atom is 0.0951 e. The number of rotatable bonds is 2. The molecule has 3 aliphatic carbocycles. The van der Waals surface area contributed by atoms with Crippen molar-refractivity contribution in [1.29, 1.82) is 0 Å². The summed E-state index contributed by atoms with van der Waals surface area (Å²) in [5, 5.41) is 1.23. The molecule has 0 amide bonds. The lowest BCUT2D eigenvalue weighted by atomic mass is 9.68. The van der Waals surface area contributed by atoms with E-state index in [1.54, 1.807) is 5.57 Å². The highest BCUT2D eigenvalue weighted by atomic mass is 14.9. The maximum absolute atomic E-state index is 5.23. The number of hydrogen-bond acceptors (Lipinski definition) is 1. The zero-order chi connectivity index (χ0) is 25.5. The zero-order valence-corrected chi connectivity index (χ0v) is 21.6. The third-order valence-corrected chi connectivity index (χ3v) is 8.97. The molecule has 4 aromatic carbocycles. The molecular weight excluding hydrogens is 472 g/mol. The van der Waals surface area contributed by atoms with Crippen LogP contribution in [0.5, 0.6) is 0 Å². The minimum atomic E-state index is 0.445. The van der Waals surface area contributed by atoms with E-state index in [0.29, 0.717) is 5.92 Å². The predicted molar refractivity (Wildman–Crippen MR) is 162 cm³/mol. The van der Waals surface area contributed by atoms with Gasteiger partial charge in [-0.1, -0.05) is 90.5 Å². The number of benzene rings is 4. The van der Waals surface area contributed by atoms with E-state index in [2.05, 4.69) is 120 Å². The molecule has 6 aromatic rings. The molecule has 0 spiro atoms. The van der Waals surface area contributed by atoms with Gasteiger partial charge in [0.2, 0.25) is 0 Å². The first kappa shape index (κ1) is 21.3. The Balaban J connectivity index is 1.27. The monoisotopic (exact) mass is 498 g/mol. The SMILES string of the molecule is C1=Cc2c(-c3cccc(-c4nc5ccccc5n5c4cc4ccccc45)c3)ccc3c2C2C1=CCCC2=CC3. The van der Waals surface area contributed by atoms with Crippen molar-refractivity contribution < 1.29 is 0 Å². The van der Waals surface area contributed by atoms with Crippen LogP contribution in [0.15, 0.2) is 120 Å². The summed E-state index contributed by atoms with van der Waals surface area (Å²) in [4.78, 5) is 5.23. The molecule has 1 unspecified atom stereocenters. The summed E-state index contributed by atoms with van der Waals surface area (Å²) in [5.74, 6) is 0.445. The highest BCUT2D eigenvalue weighted by molar-refractivity contribution is 5.99. The number of allylic oxidation sites excluding steroid dienone is 5. The lowest BCUT2D eigenvalue weighted by Gasteiger charge is -2.36. The number of nitrogens with zero attached hydrogens (tertiary/aromatic N) is 2. The van der Waals surface area contributed by atoms with Gasteiger partial charge in [0, 0.05) is 16.9 Å². The Hall–Kier alpha value is -4.69. The molecule has 2 aromatic heterocycles. The molecule has 0 N–H and O–H groups in total. The average Bonchev–Trinajstić information content (AvgIpc) is 3.39. The summed E-state index contributed by atoms with van der Waals surface area (Å²) in [6.45, 7) is 0. The normalized spacial score (nSPS) is 17.4. The largest absolute Gasteiger partial charge is 0.306 e. The molecule has 0 aliphatic heterocycles.